The summed E-state index contributed by atoms with van der Waals surface area (Å²) in [5.74, 6) is -1.95. The van der Waals surface area contributed by atoms with Crippen molar-refractivity contribution in [2.45, 2.75) is 12.5 Å². The largest absolute Gasteiger partial charge is 0.465 e. The van der Waals surface area contributed by atoms with Crippen molar-refractivity contribution in [1.82, 2.24) is 15.3 Å². The molecule has 1 amide bonds. The molecule has 0 spiro atoms. The maximum absolute atomic E-state index is 13.4. The van der Waals surface area contributed by atoms with E-state index in [2.05, 4.69) is 15.3 Å². The van der Waals surface area contributed by atoms with Gasteiger partial charge in [0, 0.05) is 12.5 Å². The van der Waals surface area contributed by atoms with Crippen LogP contribution in [0.3, 0.4) is 0 Å². The average Bonchev–Trinajstić information content (AvgIpc) is 2.52. The van der Waals surface area contributed by atoms with Gasteiger partial charge in [-0.3, -0.25) is 0 Å². The van der Waals surface area contributed by atoms with Gasteiger partial charge in [-0.05, 0) is 29.8 Å². The molecule has 0 aliphatic carbocycles. The summed E-state index contributed by atoms with van der Waals surface area (Å²) in [7, 11) is 0. The molecule has 0 unspecified atom stereocenters. The van der Waals surface area contributed by atoms with E-state index in [0.717, 1.165) is 12.1 Å². The molecule has 2 aromatic heterocycles. The van der Waals surface area contributed by atoms with Crippen molar-refractivity contribution in [2.24, 2.45) is 0 Å². The molecule has 0 aliphatic heterocycles. The molecule has 2 heterocycles. The van der Waals surface area contributed by atoms with Gasteiger partial charge in [-0.2, -0.15) is 4.98 Å². The van der Waals surface area contributed by atoms with E-state index >= 15 is 0 Å². The van der Waals surface area contributed by atoms with Gasteiger partial charge >= 0.3 is 11.7 Å². The predicted molar refractivity (Wildman–Crippen MR) is 87.0 cm³/mol. The van der Waals surface area contributed by atoms with E-state index in [1.165, 1.54) is 12.1 Å². The fourth-order valence-corrected chi connectivity index (χ4v) is 2.55. The first-order chi connectivity index (χ1) is 12.3. The smallest absolute Gasteiger partial charge is 0.405 e. The van der Waals surface area contributed by atoms with Crippen LogP contribution in [0.15, 0.2) is 39.5 Å². The molecule has 10 heteroatoms. The number of fused-ring (bicyclic) bond motifs is 1. The fraction of sp³-hybridized carbons (Fsp3) is 0.125. The van der Waals surface area contributed by atoms with Crippen LogP contribution in [0.25, 0.3) is 11.0 Å². The van der Waals surface area contributed by atoms with Crippen LogP contribution < -0.4 is 10.9 Å². The zero-order valence-corrected chi connectivity index (χ0v) is 13.6. The number of hydrogen-bond acceptors (Lipinski definition) is 5. The lowest BCUT2D eigenvalue weighted by atomic mass is 10.1. The Morgan fingerprint density at radius 3 is 2.58 bits per heavy atom. The van der Waals surface area contributed by atoms with Crippen molar-refractivity contribution in [3.8, 4) is 0 Å². The first-order valence-electron chi connectivity index (χ1n) is 7.23. The van der Waals surface area contributed by atoms with Gasteiger partial charge in [-0.15, -0.1) is 0 Å². The highest BCUT2D eigenvalue weighted by molar-refractivity contribution is 6.29. The lowest BCUT2D eigenvalue weighted by Crippen LogP contribution is -2.30. The minimum atomic E-state index is -1.43. The highest BCUT2D eigenvalue weighted by atomic mass is 35.5. The molecule has 3 aromatic rings. The van der Waals surface area contributed by atoms with E-state index in [1.807, 2.05) is 0 Å². The quantitative estimate of drug-likeness (QED) is 0.673. The van der Waals surface area contributed by atoms with Crippen molar-refractivity contribution < 1.29 is 23.1 Å². The average molecular weight is 382 g/mol. The second-order valence-corrected chi connectivity index (χ2v) is 5.72. The molecule has 0 fully saturated rings. The van der Waals surface area contributed by atoms with Gasteiger partial charge < -0.3 is 14.8 Å². The van der Waals surface area contributed by atoms with Crippen molar-refractivity contribution in [3.05, 3.63) is 69.0 Å². The summed E-state index contributed by atoms with van der Waals surface area (Å²) in [6, 6.07) is 4.33. The molecule has 0 radical (unpaired) electrons. The highest BCUT2D eigenvalue weighted by Crippen LogP contribution is 2.20. The van der Waals surface area contributed by atoms with E-state index in [4.69, 9.17) is 21.1 Å². The number of nitrogens with one attached hydrogen (secondary N) is 1. The van der Waals surface area contributed by atoms with Crippen LogP contribution >= 0.6 is 11.6 Å². The van der Waals surface area contributed by atoms with Crippen LogP contribution in [0, 0.1) is 11.6 Å². The second kappa shape index (κ2) is 7.04. The summed E-state index contributed by atoms with van der Waals surface area (Å²) in [6.45, 7) is 0. The second-order valence-electron chi connectivity index (χ2n) is 5.33. The fourth-order valence-electron chi connectivity index (χ4n) is 2.41. The van der Waals surface area contributed by atoms with Gasteiger partial charge in [0.1, 0.15) is 28.2 Å². The van der Waals surface area contributed by atoms with Crippen LogP contribution in [0.4, 0.5) is 13.6 Å². The Morgan fingerprint density at radius 1 is 1.23 bits per heavy atom. The Balaban J connectivity index is 2.06. The van der Waals surface area contributed by atoms with E-state index in [-0.39, 0.29) is 34.1 Å². The van der Waals surface area contributed by atoms with Crippen LogP contribution in [0.2, 0.25) is 5.15 Å². The molecule has 0 aliphatic rings. The van der Waals surface area contributed by atoms with E-state index in [9.17, 15) is 18.4 Å². The molecular weight excluding hydrogens is 372 g/mol. The number of carboxylic acid groups (broad SMARTS) is 1. The van der Waals surface area contributed by atoms with E-state index in [1.54, 1.807) is 0 Å². The maximum Gasteiger partial charge on any atom is 0.405 e. The van der Waals surface area contributed by atoms with Gasteiger partial charge in [0.05, 0.1) is 0 Å². The van der Waals surface area contributed by atoms with Gasteiger partial charge in [0.25, 0.3) is 0 Å². The molecule has 3 rings (SSSR count). The van der Waals surface area contributed by atoms with Crippen molar-refractivity contribution >= 4 is 28.7 Å². The number of amides is 1. The molecule has 134 valence electrons. The Kier molecular flexibility index (Phi) is 4.81. The number of nitrogens with zero attached hydrogens (tertiary/aromatic N) is 2. The number of aromatic nitrogens is 2. The summed E-state index contributed by atoms with van der Waals surface area (Å²) in [5, 5.41) is 11.3. The van der Waals surface area contributed by atoms with Crippen LogP contribution in [0.1, 0.15) is 17.5 Å². The summed E-state index contributed by atoms with van der Waals surface area (Å²) in [4.78, 5) is 31.1. The monoisotopic (exact) mass is 381 g/mol. The van der Waals surface area contributed by atoms with Crippen molar-refractivity contribution in [3.63, 3.8) is 0 Å². The number of benzene rings is 1. The highest BCUT2D eigenvalue weighted by Gasteiger charge is 2.22. The molecular formula is C16H10ClF2N3O4. The molecule has 0 bridgehead atoms. The zero-order valence-electron chi connectivity index (χ0n) is 12.9. The number of rotatable bonds is 4. The van der Waals surface area contributed by atoms with Gasteiger partial charge in [-0.25, -0.2) is 23.4 Å². The van der Waals surface area contributed by atoms with Gasteiger partial charge in [0.15, 0.2) is 5.65 Å². The number of hydrogen-bond donors (Lipinski definition) is 2. The Hall–Kier alpha value is -3.07. The first-order valence-corrected chi connectivity index (χ1v) is 7.61. The SMILES string of the molecule is O=C(O)N[C@@H](Cc1cc(F)cc(F)c1)c1nc2nc(Cl)ccc2c(=O)o1. The zero-order chi connectivity index (χ0) is 18.8. The molecule has 2 N–H and O–H groups in total. The Morgan fingerprint density at radius 2 is 1.92 bits per heavy atom. The standard InChI is InChI=1S/C16H10ClF2N3O4/c17-12-2-1-10-13(21-12)22-14(26-15(10)23)11(20-16(24)25)5-7-3-8(18)6-9(19)4-7/h1-4,6,11,20H,5H2,(H,24,25)/t11-/m0/s1. The third-order valence-corrected chi connectivity index (χ3v) is 3.64. The molecule has 0 saturated heterocycles. The molecule has 1 aromatic carbocycles. The lowest BCUT2D eigenvalue weighted by Gasteiger charge is -2.15. The maximum atomic E-state index is 13.4. The third-order valence-electron chi connectivity index (χ3n) is 3.43. The van der Waals surface area contributed by atoms with Crippen molar-refractivity contribution in [2.75, 3.05) is 0 Å². The van der Waals surface area contributed by atoms with Crippen molar-refractivity contribution in [1.29, 1.82) is 0 Å². The summed E-state index contributed by atoms with van der Waals surface area (Å²) >= 11 is 5.78. The predicted octanol–water partition coefficient (Wildman–Crippen LogP) is 3.07. The van der Waals surface area contributed by atoms with Gasteiger partial charge in [-0.1, -0.05) is 11.6 Å². The number of pyridine rings is 1. The number of carbonyl (C=O) groups is 1. The molecule has 7 nitrogen and oxygen atoms in total. The number of halogens is 3. The summed E-state index contributed by atoms with van der Waals surface area (Å²) in [6.07, 6.45) is -1.64. The summed E-state index contributed by atoms with van der Waals surface area (Å²) in [5.41, 5.74) is -0.687. The van der Waals surface area contributed by atoms with E-state index in [0.29, 0.717) is 6.07 Å². The molecule has 0 saturated carbocycles. The van der Waals surface area contributed by atoms with Gasteiger partial charge in [0.2, 0.25) is 5.89 Å². The van der Waals surface area contributed by atoms with Crippen LogP contribution in [0.5, 0.6) is 0 Å². The lowest BCUT2D eigenvalue weighted by molar-refractivity contribution is 0.186. The Labute approximate surface area is 149 Å². The molecule has 26 heavy (non-hydrogen) atoms. The minimum Gasteiger partial charge on any atom is -0.465 e. The Bertz CT molecular complexity index is 1040. The minimum absolute atomic E-state index is 0.0358. The van der Waals surface area contributed by atoms with Crippen LogP contribution in [-0.4, -0.2) is 21.2 Å². The third kappa shape index (κ3) is 3.94. The summed E-state index contributed by atoms with van der Waals surface area (Å²) < 4.78 is 31.8. The normalized spacial score (nSPS) is 12.1. The van der Waals surface area contributed by atoms with E-state index < -0.39 is 29.4 Å². The topological polar surface area (TPSA) is 105 Å². The molecule has 1 atom stereocenters. The first kappa shape index (κ1) is 17.7. The van der Waals surface area contributed by atoms with Crippen LogP contribution in [-0.2, 0) is 6.42 Å².